The van der Waals surface area contributed by atoms with Gasteiger partial charge < -0.3 is 15.5 Å². The van der Waals surface area contributed by atoms with Crippen LogP contribution in [0.15, 0.2) is 41.8 Å². The summed E-state index contributed by atoms with van der Waals surface area (Å²) in [6.07, 6.45) is 0. The van der Waals surface area contributed by atoms with E-state index in [0.29, 0.717) is 16.7 Å². The minimum atomic E-state index is 0.0602. The van der Waals surface area contributed by atoms with E-state index >= 15 is 0 Å². The SMILES string of the molecule is CC(=O)c1ccc(NC(=S)NC[C@H](c2cccs2)[NH+](C)C)cc1. The molecule has 1 aromatic heterocycles. The minimum absolute atomic E-state index is 0.0602. The van der Waals surface area contributed by atoms with Crippen LogP contribution < -0.4 is 15.5 Å². The van der Waals surface area contributed by atoms with Crippen molar-refractivity contribution >= 4 is 40.1 Å². The second-order valence-corrected chi connectivity index (χ2v) is 7.00. The van der Waals surface area contributed by atoms with Crippen LogP contribution in [-0.4, -0.2) is 31.5 Å². The average molecular weight is 349 g/mol. The topological polar surface area (TPSA) is 45.6 Å². The van der Waals surface area contributed by atoms with E-state index < -0.39 is 0 Å². The van der Waals surface area contributed by atoms with E-state index in [0.717, 1.165) is 12.2 Å². The summed E-state index contributed by atoms with van der Waals surface area (Å²) < 4.78 is 0. The highest BCUT2D eigenvalue weighted by Crippen LogP contribution is 2.15. The highest BCUT2D eigenvalue weighted by molar-refractivity contribution is 7.80. The largest absolute Gasteiger partial charge is 0.356 e. The van der Waals surface area contributed by atoms with Gasteiger partial charge in [0.2, 0.25) is 0 Å². The Bertz CT molecular complexity index is 651. The van der Waals surface area contributed by atoms with E-state index in [1.54, 1.807) is 30.4 Å². The van der Waals surface area contributed by atoms with E-state index in [1.807, 2.05) is 12.1 Å². The molecule has 0 saturated carbocycles. The number of quaternary nitrogens is 1. The van der Waals surface area contributed by atoms with Gasteiger partial charge in [-0.2, -0.15) is 0 Å². The van der Waals surface area contributed by atoms with Crippen molar-refractivity contribution in [3.8, 4) is 0 Å². The number of carbonyl (C=O) groups excluding carboxylic acids is 1. The standard InChI is InChI=1S/C17H21N3OS2/c1-12(21)13-6-8-14(9-7-13)19-17(22)18-11-15(20(2)3)16-5-4-10-23-16/h4-10,15H,11H2,1-3H3,(H2,18,19,22)/p+1/t15-/m1/s1. The first kappa shape index (κ1) is 17.6. The van der Waals surface area contributed by atoms with Gasteiger partial charge in [0.25, 0.3) is 0 Å². The summed E-state index contributed by atoms with van der Waals surface area (Å²) in [6.45, 7) is 2.32. The lowest BCUT2D eigenvalue weighted by Crippen LogP contribution is -3.06. The van der Waals surface area contributed by atoms with Crippen molar-refractivity contribution in [1.29, 1.82) is 0 Å². The van der Waals surface area contributed by atoms with Gasteiger partial charge in [0.05, 0.1) is 25.5 Å². The van der Waals surface area contributed by atoms with Crippen LogP contribution in [0.4, 0.5) is 5.69 Å². The van der Waals surface area contributed by atoms with Crippen LogP contribution in [0.3, 0.4) is 0 Å². The number of hydrogen-bond donors (Lipinski definition) is 3. The molecule has 3 N–H and O–H groups in total. The molecule has 0 spiro atoms. The van der Waals surface area contributed by atoms with Crippen molar-refractivity contribution in [3.05, 3.63) is 52.2 Å². The molecule has 0 aliphatic rings. The van der Waals surface area contributed by atoms with Gasteiger partial charge in [-0.1, -0.05) is 6.07 Å². The molecule has 0 saturated heterocycles. The van der Waals surface area contributed by atoms with Gasteiger partial charge in [0.15, 0.2) is 10.9 Å². The zero-order chi connectivity index (χ0) is 16.8. The zero-order valence-electron chi connectivity index (χ0n) is 13.6. The quantitative estimate of drug-likeness (QED) is 0.553. The molecule has 0 aliphatic carbocycles. The number of thiophene rings is 1. The third-order valence-corrected chi connectivity index (χ3v) is 4.83. The number of carbonyl (C=O) groups is 1. The molecule has 0 bridgehead atoms. The maximum atomic E-state index is 11.3. The summed E-state index contributed by atoms with van der Waals surface area (Å²) in [6, 6.07) is 11.9. The Hall–Kier alpha value is -1.76. The number of thiocarbonyl (C=S) groups is 1. The third-order valence-electron chi connectivity index (χ3n) is 3.60. The van der Waals surface area contributed by atoms with Crippen LogP contribution in [0, 0.1) is 0 Å². The molecule has 4 nitrogen and oxygen atoms in total. The van der Waals surface area contributed by atoms with E-state index in [-0.39, 0.29) is 5.78 Å². The first-order valence-electron chi connectivity index (χ1n) is 7.46. The fourth-order valence-corrected chi connectivity index (χ4v) is 3.39. The third kappa shape index (κ3) is 5.13. The first-order valence-corrected chi connectivity index (χ1v) is 8.75. The highest BCUT2D eigenvalue weighted by atomic mass is 32.1. The smallest absolute Gasteiger partial charge is 0.171 e. The monoisotopic (exact) mass is 348 g/mol. The highest BCUT2D eigenvalue weighted by Gasteiger charge is 2.18. The van der Waals surface area contributed by atoms with Crippen LogP contribution in [0.2, 0.25) is 0 Å². The Balaban J connectivity index is 1.90. The van der Waals surface area contributed by atoms with Crippen molar-refractivity contribution in [1.82, 2.24) is 5.32 Å². The minimum Gasteiger partial charge on any atom is -0.356 e. The number of ketones is 1. The fraction of sp³-hybridized carbons (Fsp3) is 0.294. The molecular weight excluding hydrogens is 326 g/mol. The molecule has 1 atom stereocenters. The number of rotatable bonds is 6. The van der Waals surface area contributed by atoms with Crippen molar-refractivity contribution in [2.45, 2.75) is 13.0 Å². The van der Waals surface area contributed by atoms with Crippen LogP contribution in [0.25, 0.3) is 0 Å². The molecule has 0 aliphatic heterocycles. The predicted molar refractivity (Wildman–Crippen MR) is 101 cm³/mol. The predicted octanol–water partition coefficient (Wildman–Crippen LogP) is 2.12. The summed E-state index contributed by atoms with van der Waals surface area (Å²) in [4.78, 5) is 14.0. The fourth-order valence-electron chi connectivity index (χ4n) is 2.24. The van der Waals surface area contributed by atoms with E-state index in [4.69, 9.17) is 12.2 Å². The number of likely N-dealkylation sites (N-methyl/N-ethyl adjacent to an activating group) is 1. The molecule has 2 rings (SSSR count). The normalized spacial score (nSPS) is 12.0. The summed E-state index contributed by atoms with van der Waals surface area (Å²) >= 11 is 7.12. The maximum Gasteiger partial charge on any atom is 0.171 e. The number of anilines is 1. The summed E-state index contributed by atoms with van der Waals surface area (Å²) in [7, 11) is 4.28. The number of nitrogens with one attached hydrogen (secondary N) is 3. The molecular formula is C17H22N3OS2+. The first-order chi connectivity index (χ1) is 11.0. The molecule has 122 valence electrons. The van der Waals surface area contributed by atoms with Crippen molar-refractivity contribution in [2.75, 3.05) is 26.0 Å². The van der Waals surface area contributed by atoms with Gasteiger partial charge in [0.1, 0.15) is 6.04 Å². The lowest BCUT2D eigenvalue weighted by atomic mass is 10.1. The molecule has 1 aromatic carbocycles. The molecule has 6 heteroatoms. The van der Waals surface area contributed by atoms with E-state index in [9.17, 15) is 4.79 Å². The molecule has 1 heterocycles. The molecule has 0 fully saturated rings. The van der Waals surface area contributed by atoms with Crippen molar-refractivity contribution < 1.29 is 9.69 Å². The van der Waals surface area contributed by atoms with Crippen molar-refractivity contribution in [3.63, 3.8) is 0 Å². The van der Waals surface area contributed by atoms with Gasteiger partial charge in [-0.05, 0) is 54.9 Å². The number of Topliss-reactive ketones (excluding diaryl/α,β-unsaturated/α-hetero) is 1. The van der Waals surface area contributed by atoms with Gasteiger partial charge >= 0.3 is 0 Å². The second-order valence-electron chi connectivity index (χ2n) is 5.61. The lowest BCUT2D eigenvalue weighted by molar-refractivity contribution is -0.890. The Morgan fingerprint density at radius 1 is 1.26 bits per heavy atom. The van der Waals surface area contributed by atoms with Gasteiger partial charge in [-0.3, -0.25) is 4.79 Å². The summed E-state index contributed by atoms with van der Waals surface area (Å²) in [5.74, 6) is 0.0602. The Morgan fingerprint density at radius 3 is 2.48 bits per heavy atom. The van der Waals surface area contributed by atoms with Crippen LogP contribution in [-0.2, 0) is 0 Å². The lowest BCUT2D eigenvalue weighted by Gasteiger charge is -2.21. The van der Waals surface area contributed by atoms with Gasteiger partial charge in [-0.25, -0.2) is 0 Å². The van der Waals surface area contributed by atoms with Crippen LogP contribution in [0.5, 0.6) is 0 Å². The molecule has 0 amide bonds. The number of hydrogen-bond acceptors (Lipinski definition) is 3. The molecule has 0 unspecified atom stereocenters. The summed E-state index contributed by atoms with van der Waals surface area (Å²) in [5.41, 5.74) is 1.57. The summed E-state index contributed by atoms with van der Waals surface area (Å²) in [5, 5.41) is 9.11. The Morgan fingerprint density at radius 2 is 1.96 bits per heavy atom. The zero-order valence-corrected chi connectivity index (χ0v) is 15.2. The molecule has 23 heavy (non-hydrogen) atoms. The van der Waals surface area contributed by atoms with Gasteiger partial charge in [0, 0.05) is 11.3 Å². The van der Waals surface area contributed by atoms with Crippen molar-refractivity contribution in [2.24, 2.45) is 0 Å². The van der Waals surface area contributed by atoms with E-state index in [2.05, 4.69) is 42.2 Å². The molecule has 0 radical (unpaired) electrons. The number of benzene rings is 1. The average Bonchev–Trinajstić information content (AvgIpc) is 3.01. The van der Waals surface area contributed by atoms with Gasteiger partial charge in [-0.15, -0.1) is 11.3 Å². The molecule has 2 aromatic rings. The van der Waals surface area contributed by atoms with Crippen LogP contribution in [0.1, 0.15) is 28.2 Å². The Labute approximate surface area is 146 Å². The second kappa shape index (κ2) is 8.19. The van der Waals surface area contributed by atoms with E-state index in [1.165, 1.54) is 9.78 Å². The van der Waals surface area contributed by atoms with Crippen LogP contribution >= 0.6 is 23.6 Å². The maximum absolute atomic E-state index is 11.3. The Kier molecular flexibility index (Phi) is 6.27.